The first-order chi connectivity index (χ1) is 27.1. The van der Waals surface area contributed by atoms with Crippen LogP contribution in [0.25, 0.3) is 20.5 Å². The van der Waals surface area contributed by atoms with Crippen molar-refractivity contribution in [2.45, 2.75) is 84.7 Å². The summed E-state index contributed by atoms with van der Waals surface area (Å²) in [5.41, 5.74) is 6.53. The highest BCUT2D eigenvalue weighted by molar-refractivity contribution is 7.22. The summed E-state index contributed by atoms with van der Waals surface area (Å²) < 4.78 is 26.5. The van der Waals surface area contributed by atoms with Gasteiger partial charge in [0.15, 0.2) is 14.8 Å². The van der Waals surface area contributed by atoms with E-state index in [1.54, 1.807) is 18.4 Å². The molecule has 1 aromatic heterocycles. The first-order valence-electron chi connectivity index (χ1n) is 20.4. The van der Waals surface area contributed by atoms with Crippen LogP contribution in [0.5, 0.6) is 17.2 Å². The third-order valence-corrected chi connectivity index (χ3v) is 13.0. The van der Waals surface area contributed by atoms with Crippen molar-refractivity contribution in [1.82, 2.24) is 9.80 Å². The molecule has 7 nitrogen and oxygen atoms in total. The molecule has 0 atom stereocenters. The van der Waals surface area contributed by atoms with Crippen LogP contribution in [0.1, 0.15) is 84.6 Å². The third-order valence-electron chi connectivity index (χ3n) is 11.0. The van der Waals surface area contributed by atoms with Crippen LogP contribution in [0.15, 0.2) is 78.9 Å². The van der Waals surface area contributed by atoms with Gasteiger partial charge in [0, 0.05) is 50.3 Å². The maximum Gasteiger partial charge on any atom is 0.195 e. The summed E-state index contributed by atoms with van der Waals surface area (Å²) in [5, 5.41) is 0.913. The Labute approximate surface area is 339 Å². The number of methoxy groups -OCH3 is 1. The number of fused-ring (bicyclic) bond motifs is 1. The Bertz CT molecular complexity index is 2110. The van der Waals surface area contributed by atoms with Crippen LogP contribution < -0.4 is 14.2 Å². The predicted octanol–water partition coefficient (Wildman–Crippen LogP) is 10.3. The molecule has 2 fully saturated rings. The van der Waals surface area contributed by atoms with Gasteiger partial charge >= 0.3 is 0 Å². The van der Waals surface area contributed by atoms with Gasteiger partial charge in [-0.05, 0) is 123 Å². The fraction of sp³-hybridized carbons (Fsp3) is 0.426. The van der Waals surface area contributed by atoms with Crippen LogP contribution in [0, 0.1) is 0 Å². The highest BCUT2D eigenvalue weighted by Crippen LogP contribution is 2.47. The van der Waals surface area contributed by atoms with Crippen molar-refractivity contribution in [1.29, 1.82) is 0 Å². The van der Waals surface area contributed by atoms with Gasteiger partial charge in [-0.2, -0.15) is 0 Å². The van der Waals surface area contributed by atoms with E-state index in [1.165, 1.54) is 25.7 Å². The lowest BCUT2D eigenvalue weighted by atomic mass is 9.80. The molecule has 2 aliphatic heterocycles. The Morgan fingerprint density at radius 3 is 2.23 bits per heavy atom. The predicted molar refractivity (Wildman–Crippen MR) is 233 cm³/mol. The molecular formula is C47H58N2O5SSi. The van der Waals surface area contributed by atoms with Crippen LogP contribution in [-0.4, -0.2) is 71.1 Å². The van der Waals surface area contributed by atoms with Gasteiger partial charge in [0.05, 0.1) is 13.7 Å². The van der Waals surface area contributed by atoms with E-state index in [-0.39, 0.29) is 11.2 Å². The standard InChI is InChI=1S/C47H58N2O5SSi/c1-47(2,3)44-39(32-54-56(5)6)37(20-21-40(44)52-27-26-48-22-10-11-23-48)46-43(38-19-18-36(29-42(38)55-46)53-31-33-14-8-7-9-15-33)45(50)34-16-17-35(41(28-34)51-4)30-49-24-12-13-25-49/h7-9,14-21,28-29,56H,10-13,22-27,30-32H2,1-6H3. The summed E-state index contributed by atoms with van der Waals surface area (Å²) in [4.78, 5) is 21.0. The first-order valence-corrected chi connectivity index (χ1v) is 24.0. The van der Waals surface area contributed by atoms with E-state index in [1.807, 2.05) is 36.4 Å². The molecule has 7 rings (SSSR count). The highest BCUT2D eigenvalue weighted by Gasteiger charge is 2.30. The fourth-order valence-electron chi connectivity index (χ4n) is 8.14. The minimum Gasteiger partial charge on any atom is -0.496 e. The number of benzene rings is 4. The zero-order chi connectivity index (χ0) is 39.2. The van der Waals surface area contributed by atoms with Gasteiger partial charge in [0.1, 0.15) is 30.5 Å². The Kier molecular flexibility index (Phi) is 13.0. The van der Waals surface area contributed by atoms with Crippen LogP contribution in [0.4, 0.5) is 0 Å². The Morgan fingerprint density at radius 1 is 0.804 bits per heavy atom. The van der Waals surface area contributed by atoms with Gasteiger partial charge in [-0.3, -0.25) is 14.6 Å². The number of thiophene rings is 1. The molecule has 0 saturated carbocycles. The lowest BCUT2D eigenvalue weighted by molar-refractivity contribution is 0.104. The molecule has 2 aliphatic rings. The van der Waals surface area contributed by atoms with E-state index in [9.17, 15) is 0 Å². The molecule has 56 heavy (non-hydrogen) atoms. The normalized spacial score (nSPS) is 15.3. The minimum atomic E-state index is -1.41. The zero-order valence-electron chi connectivity index (χ0n) is 34.1. The summed E-state index contributed by atoms with van der Waals surface area (Å²) in [6, 6.07) is 26.6. The van der Waals surface area contributed by atoms with Crippen LogP contribution >= 0.6 is 11.3 Å². The van der Waals surface area contributed by atoms with Gasteiger partial charge in [-0.25, -0.2) is 0 Å². The van der Waals surface area contributed by atoms with Gasteiger partial charge in [0.2, 0.25) is 0 Å². The maximum absolute atomic E-state index is 15.1. The average Bonchev–Trinajstić information content (AvgIpc) is 3.98. The summed E-state index contributed by atoms with van der Waals surface area (Å²) in [6.07, 6.45) is 4.96. The highest BCUT2D eigenvalue weighted by atomic mass is 32.1. The molecule has 0 N–H and O–H groups in total. The van der Waals surface area contributed by atoms with Crippen molar-refractivity contribution in [3.8, 4) is 27.7 Å². The lowest BCUT2D eigenvalue weighted by Crippen LogP contribution is -2.26. The zero-order valence-corrected chi connectivity index (χ0v) is 36.1. The summed E-state index contributed by atoms with van der Waals surface area (Å²) in [7, 11) is 0.296. The molecule has 2 saturated heterocycles. The van der Waals surface area contributed by atoms with E-state index >= 15 is 4.79 Å². The number of hydrogen-bond donors (Lipinski definition) is 0. The molecule has 0 bridgehead atoms. The van der Waals surface area contributed by atoms with Crippen molar-refractivity contribution < 1.29 is 23.4 Å². The largest absolute Gasteiger partial charge is 0.496 e. The van der Waals surface area contributed by atoms with E-state index < -0.39 is 9.04 Å². The van der Waals surface area contributed by atoms with Crippen LogP contribution in [0.2, 0.25) is 13.1 Å². The van der Waals surface area contributed by atoms with Crippen LogP contribution in [0.3, 0.4) is 0 Å². The third kappa shape index (κ3) is 9.40. The van der Waals surface area contributed by atoms with Gasteiger partial charge in [0.25, 0.3) is 0 Å². The minimum absolute atomic E-state index is 0.0245. The van der Waals surface area contributed by atoms with Gasteiger partial charge in [-0.15, -0.1) is 11.3 Å². The number of carbonyl (C=O) groups excluding carboxylic acids is 1. The molecule has 0 aliphatic carbocycles. The molecule has 0 radical (unpaired) electrons. The molecular weight excluding hydrogens is 733 g/mol. The second-order valence-electron chi connectivity index (χ2n) is 16.5. The monoisotopic (exact) mass is 790 g/mol. The Hall–Kier alpha value is -3.99. The number of likely N-dealkylation sites (tertiary alicyclic amines) is 2. The summed E-state index contributed by atoms with van der Waals surface area (Å²) in [6.45, 7) is 18.9. The first kappa shape index (κ1) is 40.2. The smallest absolute Gasteiger partial charge is 0.195 e. The molecule has 296 valence electrons. The second kappa shape index (κ2) is 18.1. The number of rotatable bonds is 16. The molecule has 9 heteroatoms. The van der Waals surface area contributed by atoms with E-state index in [4.69, 9.17) is 18.6 Å². The van der Waals surface area contributed by atoms with E-state index in [0.29, 0.717) is 30.9 Å². The van der Waals surface area contributed by atoms with Crippen molar-refractivity contribution in [2.24, 2.45) is 0 Å². The number of hydrogen-bond acceptors (Lipinski definition) is 8. The summed E-state index contributed by atoms with van der Waals surface area (Å²) >= 11 is 1.65. The number of carbonyl (C=O) groups is 1. The number of ketones is 1. The molecule has 0 amide bonds. The van der Waals surface area contributed by atoms with Crippen LogP contribution in [-0.2, 0) is 29.6 Å². The molecule has 3 heterocycles. The fourth-order valence-corrected chi connectivity index (χ4v) is 9.92. The van der Waals surface area contributed by atoms with E-state index in [0.717, 1.165) is 99.3 Å². The SMILES string of the molecule is COc1cc(C(=O)c2c(-c3ccc(OCCN4CCCC4)c(C(C)(C)C)c3CO[SiH](C)C)sc3cc(OCc4ccccc4)ccc23)ccc1CN1CCCC1. The lowest BCUT2D eigenvalue weighted by Gasteiger charge is -2.29. The topological polar surface area (TPSA) is 60.5 Å². The second-order valence-corrected chi connectivity index (χ2v) is 20.0. The van der Waals surface area contributed by atoms with Gasteiger partial charge in [-0.1, -0.05) is 63.2 Å². The van der Waals surface area contributed by atoms with Crippen molar-refractivity contribution >= 4 is 36.2 Å². The van der Waals surface area contributed by atoms with Crippen molar-refractivity contribution in [3.05, 3.63) is 112 Å². The summed E-state index contributed by atoms with van der Waals surface area (Å²) in [5.74, 6) is 2.39. The Balaban J connectivity index is 1.34. The van der Waals surface area contributed by atoms with Crippen molar-refractivity contribution in [3.63, 3.8) is 0 Å². The molecule has 5 aromatic rings. The molecule has 0 spiro atoms. The number of ether oxygens (including phenoxy) is 3. The quantitative estimate of drug-likeness (QED) is 0.0729. The van der Waals surface area contributed by atoms with E-state index in [2.05, 4.69) is 86.1 Å². The Morgan fingerprint density at radius 2 is 1.54 bits per heavy atom. The molecule has 4 aromatic carbocycles. The average molecular weight is 791 g/mol. The molecule has 0 unspecified atom stereocenters. The number of nitrogens with zero attached hydrogens (tertiary/aromatic N) is 2. The maximum atomic E-state index is 15.1. The van der Waals surface area contributed by atoms with Gasteiger partial charge < -0.3 is 18.6 Å². The van der Waals surface area contributed by atoms with Crippen molar-refractivity contribution in [2.75, 3.05) is 46.4 Å².